The van der Waals surface area contributed by atoms with Gasteiger partial charge in [-0.15, -0.1) is 9.79 Å². The summed E-state index contributed by atoms with van der Waals surface area (Å²) in [6.07, 6.45) is -0.997. The molecule has 0 spiro atoms. The van der Waals surface area contributed by atoms with Crippen LogP contribution >= 0.6 is 16.5 Å². The Morgan fingerprint density at radius 2 is 1.31 bits per heavy atom. The van der Waals surface area contributed by atoms with E-state index in [1.54, 1.807) is 0 Å². The van der Waals surface area contributed by atoms with E-state index < -0.39 is 34.9 Å². The zero-order chi connectivity index (χ0) is 10.4. The summed E-state index contributed by atoms with van der Waals surface area (Å²) >= 11 is 0. The molecular weight excluding hydrogens is 226 g/mol. The van der Waals surface area contributed by atoms with Crippen LogP contribution in [0, 0.1) is 0 Å². The van der Waals surface area contributed by atoms with Crippen LogP contribution in [0.5, 0.6) is 0 Å². The van der Waals surface area contributed by atoms with Gasteiger partial charge in [0.05, 0.1) is 0 Å². The molecule has 0 aliphatic carbocycles. The second kappa shape index (κ2) is 5.66. The molecule has 2 N–H and O–H groups in total. The normalized spacial score (nSPS) is 11.5. The second-order valence-electron chi connectivity index (χ2n) is 1.58. The first kappa shape index (κ1) is 12.1. The Balaban J connectivity index is 3.85. The third kappa shape index (κ3) is 7.42. The van der Waals surface area contributed by atoms with E-state index >= 15 is 0 Å². The van der Waals surface area contributed by atoms with Crippen molar-refractivity contribution in [1.82, 2.24) is 0 Å². The second-order valence-corrected chi connectivity index (χ2v) is 2.90. The highest BCUT2D eigenvalue weighted by Crippen LogP contribution is 2.18. The van der Waals surface area contributed by atoms with E-state index in [0.717, 1.165) is 0 Å². The maximum absolute atomic E-state index is 10.4. The molecule has 0 aliphatic heterocycles. The fourth-order valence-electron chi connectivity index (χ4n) is 0.357. The minimum atomic E-state index is -3.13. The molecular formula is C3H4O8P2+2. The van der Waals surface area contributed by atoms with E-state index in [9.17, 15) is 18.7 Å². The minimum Gasteiger partial charge on any atom is -0.246 e. The van der Waals surface area contributed by atoms with Crippen LogP contribution in [-0.2, 0) is 27.8 Å². The van der Waals surface area contributed by atoms with Gasteiger partial charge in [0.25, 0.3) is 0 Å². The van der Waals surface area contributed by atoms with Gasteiger partial charge in [-0.25, -0.2) is 9.59 Å². The molecule has 8 nitrogen and oxygen atoms in total. The zero-order valence-corrected chi connectivity index (χ0v) is 7.73. The summed E-state index contributed by atoms with van der Waals surface area (Å²) in [5.74, 6) is -2.63. The smallest absolute Gasteiger partial charge is 0.246 e. The predicted molar refractivity (Wildman–Crippen MR) is 36.5 cm³/mol. The van der Waals surface area contributed by atoms with E-state index in [-0.39, 0.29) is 0 Å². The molecule has 0 heterocycles. The molecule has 0 rings (SSSR count). The van der Waals surface area contributed by atoms with Crippen molar-refractivity contribution >= 4 is 28.4 Å². The summed E-state index contributed by atoms with van der Waals surface area (Å²) < 4.78 is 27.0. The van der Waals surface area contributed by atoms with Gasteiger partial charge in [0.15, 0.2) is 6.42 Å². The fourth-order valence-corrected chi connectivity index (χ4v) is 0.834. The summed E-state index contributed by atoms with van der Waals surface area (Å²) in [4.78, 5) is 36.9. The Kier molecular flexibility index (Phi) is 5.25. The number of carbonyl (C=O) groups is 2. The van der Waals surface area contributed by atoms with Gasteiger partial charge < -0.3 is 0 Å². The fraction of sp³-hybridized carbons (Fsp3) is 0.333. The van der Waals surface area contributed by atoms with Gasteiger partial charge in [-0.05, 0) is 0 Å². The molecule has 0 aromatic rings. The van der Waals surface area contributed by atoms with E-state index in [1.165, 1.54) is 0 Å². The molecule has 0 amide bonds. The van der Waals surface area contributed by atoms with Crippen LogP contribution in [0.25, 0.3) is 0 Å². The molecule has 0 radical (unpaired) electrons. The van der Waals surface area contributed by atoms with Crippen LogP contribution in [0.4, 0.5) is 0 Å². The lowest BCUT2D eigenvalue weighted by Gasteiger charge is -1.85. The first-order chi connectivity index (χ1) is 5.91. The van der Waals surface area contributed by atoms with Gasteiger partial charge in [-0.3, -0.25) is 0 Å². The van der Waals surface area contributed by atoms with Gasteiger partial charge in [0.2, 0.25) is 0 Å². The molecule has 2 unspecified atom stereocenters. The maximum atomic E-state index is 10.4. The van der Waals surface area contributed by atoms with Crippen molar-refractivity contribution in [2.45, 2.75) is 6.42 Å². The average Bonchev–Trinajstić information content (AvgIpc) is 1.80. The van der Waals surface area contributed by atoms with Crippen molar-refractivity contribution in [1.29, 1.82) is 0 Å². The highest BCUT2D eigenvalue weighted by Gasteiger charge is 2.28. The standard InChI is InChI=1S/C3H2O8P2/c4-2(10-12(6)7)1-3(5)11-13(8)9/h1H2/p+2. The summed E-state index contributed by atoms with van der Waals surface area (Å²) in [6, 6.07) is 0. The molecule has 2 atom stereocenters. The molecule has 0 fully saturated rings. The zero-order valence-electron chi connectivity index (χ0n) is 5.95. The molecule has 0 saturated carbocycles. The summed E-state index contributed by atoms with van der Waals surface area (Å²) in [7, 11) is -6.27. The Bertz CT molecular complexity index is 232. The maximum Gasteiger partial charge on any atom is 0.750 e. The SMILES string of the molecule is O=C(CC(=O)O[P+](=O)O)O[P+](=O)O. The minimum absolute atomic E-state index is 0.997. The molecule has 0 aliphatic rings. The van der Waals surface area contributed by atoms with E-state index in [1.807, 2.05) is 0 Å². The Hall–Kier alpha value is -0.940. The largest absolute Gasteiger partial charge is 0.750 e. The lowest BCUT2D eigenvalue weighted by molar-refractivity contribution is -0.144. The van der Waals surface area contributed by atoms with E-state index in [2.05, 4.69) is 9.05 Å². The third-order valence-corrected chi connectivity index (χ3v) is 1.37. The molecule has 72 valence electrons. The van der Waals surface area contributed by atoms with E-state index in [4.69, 9.17) is 9.79 Å². The number of carbonyl (C=O) groups excluding carboxylic acids is 2. The van der Waals surface area contributed by atoms with Crippen molar-refractivity contribution in [3.63, 3.8) is 0 Å². The Morgan fingerprint density at radius 1 is 1.00 bits per heavy atom. The average molecular weight is 230 g/mol. The first-order valence-corrected chi connectivity index (χ1v) is 4.91. The number of hydrogen-bond acceptors (Lipinski definition) is 6. The van der Waals surface area contributed by atoms with Crippen molar-refractivity contribution in [3.05, 3.63) is 0 Å². The van der Waals surface area contributed by atoms with Gasteiger partial charge in [0.1, 0.15) is 0 Å². The highest BCUT2D eigenvalue weighted by molar-refractivity contribution is 7.33. The van der Waals surface area contributed by atoms with Crippen LogP contribution in [0.3, 0.4) is 0 Å². The highest BCUT2D eigenvalue weighted by atomic mass is 31.1. The summed E-state index contributed by atoms with van der Waals surface area (Å²) in [5, 5.41) is 0. The molecule has 0 saturated heterocycles. The third-order valence-electron chi connectivity index (χ3n) is 0.648. The molecule has 13 heavy (non-hydrogen) atoms. The monoisotopic (exact) mass is 230 g/mol. The van der Waals surface area contributed by atoms with Crippen molar-refractivity contribution in [2.75, 3.05) is 0 Å². The number of hydrogen-bond donors (Lipinski definition) is 2. The van der Waals surface area contributed by atoms with Crippen LogP contribution in [-0.4, -0.2) is 21.7 Å². The Labute approximate surface area is 73.4 Å². The van der Waals surface area contributed by atoms with Crippen LogP contribution in [0.1, 0.15) is 6.42 Å². The molecule has 10 heteroatoms. The lowest BCUT2D eigenvalue weighted by atomic mass is 10.5. The van der Waals surface area contributed by atoms with Gasteiger partial charge in [0, 0.05) is 9.13 Å². The van der Waals surface area contributed by atoms with Gasteiger partial charge in [-0.2, -0.15) is 9.05 Å². The van der Waals surface area contributed by atoms with Crippen LogP contribution in [0.15, 0.2) is 0 Å². The molecule has 0 bridgehead atoms. The molecule has 0 aromatic carbocycles. The van der Waals surface area contributed by atoms with Crippen LogP contribution < -0.4 is 0 Å². The predicted octanol–water partition coefficient (Wildman–Crippen LogP) is -0.238. The first-order valence-electron chi connectivity index (χ1n) is 2.65. The summed E-state index contributed by atoms with van der Waals surface area (Å²) in [5.41, 5.74) is 0. The number of rotatable bonds is 4. The topological polar surface area (TPSA) is 127 Å². The van der Waals surface area contributed by atoms with Gasteiger partial charge >= 0.3 is 28.4 Å². The lowest BCUT2D eigenvalue weighted by Crippen LogP contribution is -2.08. The van der Waals surface area contributed by atoms with Gasteiger partial charge in [-0.1, -0.05) is 0 Å². The van der Waals surface area contributed by atoms with Crippen molar-refractivity contribution < 1.29 is 37.6 Å². The summed E-state index contributed by atoms with van der Waals surface area (Å²) in [6.45, 7) is 0. The quantitative estimate of drug-likeness (QED) is 0.500. The van der Waals surface area contributed by atoms with Crippen molar-refractivity contribution in [2.24, 2.45) is 0 Å². The molecule has 0 aromatic heterocycles. The Morgan fingerprint density at radius 3 is 1.54 bits per heavy atom. The van der Waals surface area contributed by atoms with E-state index in [0.29, 0.717) is 0 Å². The van der Waals surface area contributed by atoms with Crippen LogP contribution in [0.2, 0.25) is 0 Å². The van der Waals surface area contributed by atoms with Crippen molar-refractivity contribution in [3.8, 4) is 0 Å².